The van der Waals surface area contributed by atoms with Crippen molar-refractivity contribution in [3.63, 3.8) is 0 Å². The number of furan rings is 1. The molecule has 2 fully saturated rings. The smallest absolute Gasteiger partial charge is 0.174 e. The van der Waals surface area contributed by atoms with Crippen LogP contribution in [0.5, 0.6) is 0 Å². The highest BCUT2D eigenvalue weighted by Gasteiger charge is 2.42. The third-order valence-electron chi connectivity index (χ3n) is 6.65. The summed E-state index contributed by atoms with van der Waals surface area (Å²) in [6.07, 6.45) is 1.78. The fourth-order valence-corrected chi connectivity index (χ4v) is 5.19. The molecule has 2 aromatic heterocycles. The standard InChI is InChI=1S/C28H25FN4O2S/c29-20-6-4-19(5-7-20)24-12-13-25(35-24)27-26(23-3-1-2-14-30-23)31-28(36)33(27)22-10-8-21(9-11-22)32-15-17-34-18-16-32/h1-14,26-27H,15-18H2,(H,31,36). The summed E-state index contributed by atoms with van der Waals surface area (Å²) in [5.74, 6) is 1.14. The van der Waals surface area contributed by atoms with Crippen LogP contribution in [-0.4, -0.2) is 36.4 Å². The van der Waals surface area contributed by atoms with Gasteiger partial charge in [-0.15, -0.1) is 0 Å². The van der Waals surface area contributed by atoms with Crippen molar-refractivity contribution >= 4 is 28.7 Å². The predicted molar refractivity (Wildman–Crippen MR) is 142 cm³/mol. The molecule has 1 N–H and O–H groups in total. The summed E-state index contributed by atoms with van der Waals surface area (Å²) in [5.41, 5.74) is 3.81. The molecule has 2 aliphatic rings. The molecule has 0 aliphatic carbocycles. The summed E-state index contributed by atoms with van der Waals surface area (Å²) >= 11 is 5.83. The number of nitrogens with zero attached hydrogens (tertiary/aromatic N) is 3. The van der Waals surface area contributed by atoms with E-state index >= 15 is 0 Å². The third kappa shape index (κ3) is 4.34. The maximum Gasteiger partial charge on any atom is 0.174 e. The maximum atomic E-state index is 13.4. The van der Waals surface area contributed by atoms with E-state index in [1.165, 1.54) is 12.1 Å². The molecule has 8 heteroatoms. The molecule has 4 aromatic rings. The molecule has 0 spiro atoms. The van der Waals surface area contributed by atoms with Crippen molar-refractivity contribution in [2.45, 2.75) is 12.1 Å². The first-order valence-corrected chi connectivity index (χ1v) is 12.4. The number of aromatic nitrogens is 1. The molecular weight excluding hydrogens is 475 g/mol. The summed E-state index contributed by atoms with van der Waals surface area (Å²) in [6, 6.07) is 24.0. The van der Waals surface area contributed by atoms with Gasteiger partial charge in [-0.25, -0.2) is 4.39 Å². The molecule has 0 bridgehead atoms. The van der Waals surface area contributed by atoms with Gasteiger partial charge in [0.1, 0.15) is 23.4 Å². The number of anilines is 2. The van der Waals surface area contributed by atoms with Gasteiger partial charge in [-0.05, 0) is 85.0 Å². The topological polar surface area (TPSA) is 53.8 Å². The normalized spacial score (nSPS) is 20.0. The molecule has 0 amide bonds. The van der Waals surface area contributed by atoms with Gasteiger partial charge in [0.15, 0.2) is 5.11 Å². The Bertz CT molecular complexity index is 1340. The Morgan fingerprint density at radius 2 is 1.64 bits per heavy atom. The van der Waals surface area contributed by atoms with Gasteiger partial charge in [-0.1, -0.05) is 6.07 Å². The van der Waals surface area contributed by atoms with Gasteiger partial charge in [-0.3, -0.25) is 4.98 Å². The second-order valence-corrected chi connectivity index (χ2v) is 9.21. The Kier molecular flexibility index (Phi) is 6.13. The van der Waals surface area contributed by atoms with Gasteiger partial charge in [0.2, 0.25) is 0 Å². The van der Waals surface area contributed by atoms with E-state index in [2.05, 4.69) is 44.4 Å². The minimum Gasteiger partial charge on any atom is -0.459 e. The largest absolute Gasteiger partial charge is 0.459 e. The minimum atomic E-state index is -0.280. The van der Waals surface area contributed by atoms with Crippen LogP contribution < -0.4 is 15.1 Å². The lowest BCUT2D eigenvalue weighted by Gasteiger charge is -2.30. The Morgan fingerprint density at radius 1 is 0.889 bits per heavy atom. The molecule has 2 aromatic carbocycles. The Balaban J connectivity index is 1.37. The number of pyridine rings is 1. The lowest BCUT2D eigenvalue weighted by atomic mass is 10.0. The molecule has 36 heavy (non-hydrogen) atoms. The van der Waals surface area contributed by atoms with Gasteiger partial charge in [0.25, 0.3) is 0 Å². The zero-order valence-electron chi connectivity index (χ0n) is 19.5. The Hall–Kier alpha value is -3.75. The van der Waals surface area contributed by atoms with Gasteiger partial charge < -0.3 is 24.3 Å². The van der Waals surface area contributed by atoms with Crippen molar-refractivity contribution in [3.05, 3.63) is 102 Å². The van der Waals surface area contributed by atoms with Crippen molar-refractivity contribution < 1.29 is 13.5 Å². The van der Waals surface area contributed by atoms with E-state index in [0.717, 1.165) is 54.7 Å². The SMILES string of the molecule is Fc1ccc(-c2ccc(C3C(c4ccccn4)NC(=S)N3c3ccc(N4CCOCC4)cc3)o2)cc1. The molecule has 0 saturated carbocycles. The molecule has 2 atom stereocenters. The number of benzene rings is 2. The van der Waals surface area contributed by atoms with Gasteiger partial charge in [0, 0.05) is 36.2 Å². The van der Waals surface area contributed by atoms with Crippen molar-refractivity contribution in [1.82, 2.24) is 10.3 Å². The lowest BCUT2D eigenvalue weighted by Crippen LogP contribution is -2.36. The summed E-state index contributed by atoms with van der Waals surface area (Å²) in [7, 11) is 0. The van der Waals surface area contributed by atoms with Crippen molar-refractivity contribution in [2.24, 2.45) is 0 Å². The fraction of sp³-hybridized carbons (Fsp3) is 0.214. The van der Waals surface area contributed by atoms with Crippen LogP contribution in [0, 0.1) is 5.82 Å². The Labute approximate surface area is 214 Å². The number of rotatable bonds is 5. The van der Waals surface area contributed by atoms with E-state index in [4.69, 9.17) is 21.4 Å². The first-order chi connectivity index (χ1) is 17.7. The van der Waals surface area contributed by atoms with E-state index in [0.29, 0.717) is 10.9 Å². The van der Waals surface area contributed by atoms with E-state index in [1.54, 1.807) is 18.3 Å². The predicted octanol–water partition coefficient (Wildman–Crippen LogP) is 5.49. The van der Waals surface area contributed by atoms with E-state index in [-0.39, 0.29) is 17.9 Å². The number of thiocarbonyl (C=S) groups is 1. The summed E-state index contributed by atoms with van der Waals surface area (Å²) in [4.78, 5) is 9.01. The zero-order chi connectivity index (χ0) is 24.5. The number of hydrogen-bond acceptors (Lipinski definition) is 5. The van der Waals surface area contributed by atoms with E-state index < -0.39 is 0 Å². The highest BCUT2D eigenvalue weighted by Crippen LogP contribution is 2.43. The molecular formula is C28H25FN4O2S. The molecule has 6 rings (SSSR count). The summed E-state index contributed by atoms with van der Waals surface area (Å²) in [5, 5.41) is 4.07. The highest BCUT2D eigenvalue weighted by molar-refractivity contribution is 7.80. The number of ether oxygens (including phenoxy) is 1. The third-order valence-corrected chi connectivity index (χ3v) is 6.96. The first-order valence-electron chi connectivity index (χ1n) is 12.0. The molecule has 0 radical (unpaired) electrons. The molecule has 182 valence electrons. The van der Waals surface area contributed by atoms with Gasteiger partial charge >= 0.3 is 0 Å². The second-order valence-electron chi connectivity index (χ2n) is 8.82. The number of nitrogens with one attached hydrogen (secondary N) is 1. The van der Waals surface area contributed by atoms with Crippen LogP contribution in [0.15, 0.2) is 89.5 Å². The van der Waals surface area contributed by atoms with E-state index in [9.17, 15) is 4.39 Å². The van der Waals surface area contributed by atoms with Crippen LogP contribution in [0.25, 0.3) is 11.3 Å². The van der Waals surface area contributed by atoms with Gasteiger partial charge in [-0.2, -0.15) is 0 Å². The van der Waals surface area contributed by atoms with Crippen LogP contribution in [-0.2, 0) is 4.74 Å². The molecule has 2 saturated heterocycles. The average Bonchev–Trinajstić information content (AvgIpc) is 3.55. The second kappa shape index (κ2) is 9.72. The molecule has 2 unspecified atom stereocenters. The number of hydrogen-bond donors (Lipinski definition) is 1. The van der Waals surface area contributed by atoms with Crippen molar-refractivity contribution in [2.75, 3.05) is 36.1 Å². The average molecular weight is 501 g/mol. The number of halogens is 1. The minimum absolute atomic E-state index is 0.204. The summed E-state index contributed by atoms with van der Waals surface area (Å²) in [6.45, 7) is 3.24. The highest BCUT2D eigenvalue weighted by atomic mass is 32.1. The monoisotopic (exact) mass is 500 g/mol. The quantitative estimate of drug-likeness (QED) is 0.364. The maximum absolute atomic E-state index is 13.4. The van der Waals surface area contributed by atoms with Crippen molar-refractivity contribution in [1.29, 1.82) is 0 Å². The lowest BCUT2D eigenvalue weighted by molar-refractivity contribution is 0.122. The first kappa shape index (κ1) is 22.7. The van der Waals surface area contributed by atoms with E-state index in [1.807, 2.05) is 30.3 Å². The van der Waals surface area contributed by atoms with Crippen LogP contribution >= 0.6 is 12.2 Å². The molecule has 6 nitrogen and oxygen atoms in total. The molecule has 2 aliphatic heterocycles. The number of morpholine rings is 1. The Morgan fingerprint density at radius 3 is 2.36 bits per heavy atom. The fourth-order valence-electron chi connectivity index (χ4n) is 4.85. The van der Waals surface area contributed by atoms with Crippen molar-refractivity contribution in [3.8, 4) is 11.3 Å². The molecule has 4 heterocycles. The van der Waals surface area contributed by atoms with Crippen LogP contribution in [0.3, 0.4) is 0 Å². The van der Waals surface area contributed by atoms with Crippen LogP contribution in [0.4, 0.5) is 15.8 Å². The zero-order valence-corrected chi connectivity index (χ0v) is 20.3. The summed E-state index contributed by atoms with van der Waals surface area (Å²) < 4.78 is 25.3. The van der Waals surface area contributed by atoms with Crippen LogP contribution in [0.2, 0.25) is 0 Å². The van der Waals surface area contributed by atoms with Crippen LogP contribution in [0.1, 0.15) is 23.5 Å². The van der Waals surface area contributed by atoms with Gasteiger partial charge in [0.05, 0.1) is 24.9 Å².